The van der Waals surface area contributed by atoms with Crippen molar-refractivity contribution in [2.24, 2.45) is 0 Å². The predicted octanol–water partition coefficient (Wildman–Crippen LogP) is 3.80. The van der Waals surface area contributed by atoms with E-state index in [-0.39, 0.29) is 5.78 Å². The molecule has 0 saturated heterocycles. The van der Waals surface area contributed by atoms with E-state index in [1.165, 1.54) is 0 Å². The first-order valence-corrected chi connectivity index (χ1v) is 8.41. The number of aromatic amines is 1. The molecule has 0 saturated carbocycles. The van der Waals surface area contributed by atoms with Crippen LogP contribution in [0.25, 0.3) is 22.2 Å². The number of carbonyl (C=O) groups excluding carboxylic acids is 1. The number of rotatable bonds is 3. The van der Waals surface area contributed by atoms with Crippen LogP contribution in [0.5, 0.6) is 5.75 Å². The second kappa shape index (κ2) is 5.58. The standard InChI is InChI=1S/C19H20N4O2/c1-4-20-18-22-10-14-13(9-21-17(14)23-18)11-5-6-12-15(24)8-19(2,3)25-16(12)7-11/h5-7,9-10H,4,8H2,1-3H3,(H2,20,21,22,23). The molecule has 25 heavy (non-hydrogen) atoms. The lowest BCUT2D eigenvalue weighted by Crippen LogP contribution is -2.35. The van der Waals surface area contributed by atoms with E-state index in [1.807, 2.05) is 51.4 Å². The fourth-order valence-corrected chi connectivity index (χ4v) is 3.21. The van der Waals surface area contributed by atoms with E-state index in [0.29, 0.717) is 23.7 Å². The first-order valence-electron chi connectivity index (χ1n) is 8.41. The van der Waals surface area contributed by atoms with Crippen molar-refractivity contribution < 1.29 is 9.53 Å². The first kappa shape index (κ1) is 15.6. The number of H-pyrrole nitrogens is 1. The largest absolute Gasteiger partial charge is 0.487 e. The maximum absolute atomic E-state index is 12.3. The summed E-state index contributed by atoms with van der Waals surface area (Å²) in [4.78, 5) is 24.3. The highest BCUT2D eigenvalue weighted by atomic mass is 16.5. The van der Waals surface area contributed by atoms with Crippen LogP contribution in [0.1, 0.15) is 37.6 Å². The van der Waals surface area contributed by atoms with Gasteiger partial charge in [-0.3, -0.25) is 4.79 Å². The van der Waals surface area contributed by atoms with Crippen molar-refractivity contribution >= 4 is 22.8 Å². The third kappa shape index (κ3) is 2.73. The second-order valence-corrected chi connectivity index (χ2v) is 6.86. The zero-order valence-electron chi connectivity index (χ0n) is 14.5. The van der Waals surface area contributed by atoms with Crippen LogP contribution in [-0.2, 0) is 0 Å². The summed E-state index contributed by atoms with van der Waals surface area (Å²) in [6, 6.07) is 5.71. The number of hydrogen-bond acceptors (Lipinski definition) is 5. The van der Waals surface area contributed by atoms with Crippen molar-refractivity contribution in [3.63, 3.8) is 0 Å². The molecule has 2 aromatic heterocycles. The smallest absolute Gasteiger partial charge is 0.224 e. The fourth-order valence-electron chi connectivity index (χ4n) is 3.21. The molecule has 3 aromatic rings. The Morgan fingerprint density at radius 2 is 2.16 bits per heavy atom. The van der Waals surface area contributed by atoms with E-state index in [4.69, 9.17) is 4.74 Å². The topological polar surface area (TPSA) is 79.9 Å². The van der Waals surface area contributed by atoms with Crippen molar-refractivity contribution in [3.05, 3.63) is 36.2 Å². The van der Waals surface area contributed by atoms with Crippen molar-refractivity contribution in [1.29, 1.82) is 0 Å². The monoisotopic (exact) mass is 336 g/mol. The molecular weight excluding hydrogens is 316 g/mol. The van der Waals surface area contributed by atoms with Gasteiger partial charge in [0.2, 0.25) is 5.95 Å². The molecule has 128 valence electrons. The summed E-state index contributed by atoms with van der Waals surface area (Å²) in [5, 5.41) is 4.04. The maximum atomic E-state index is 12.3. The minimum absolute atomic E-state index is 0.121. The van der Waals surface area contributed by atoms with Gasteiger partial charge in [0, 0.05) is 29.9 Å². The minimum atomic E-state index is -0.479. The summed E-state index contributed by atoms with van der Waals surface area (Å²) in [5.74, 6) is 1.36. The van der Waals surface area contributed by atoms with E-state index in [9.17, 15) is 4.79 Å². The van der Waals surface area contributed by atoms with Crippen LogP contribution >= 0.6 is 0 Å². The molecule has 6 heteroatoms. The molecule has 0 aliphatic carbocycles. The molecule has 1 aliphatic heterocycles. The van der Waals surface area contributed by atoms with Gasteiger partial charge in [-0.2, -0.15) is 4.98 Å². The summed E-state index contributed by atoms with van der Waals surface area (Å²) in [5.41, 5.74) is 2.90. The highest BCUT2D eigenvalue weighted by molar-refractivity contribution is 6.02. The molecule has 0 radical (unpaired) electrons. The van der Waals surface area contributed by atoms with Gasteiger partial charge >= 0.3 is 0 Å². The number of benzene rings is 1. The zero-order chi connectivity index (χ0) is 17.6. The van der Waals surface area contributed by atoms with E-state index in [0.717, 1.165) is 28.7 Å². The Morgan fingerprint density at radius 1 is 1.32 bits per heavy atom. The van der Waals surface area contributed by atoms with Gasteiger partial charge in [0.1, 0.15) is 17.0 Å². The number of ether oxygens (including phenoxy) is 1. The summed E-state index contributed by atoms with van der Waals surface area (Å²) < 4.78 is 6.02. The molecule has 2 N–H and O–H groups in total. The maximum Gasteiger partial charge on any atom is 0.224 e. The first-order chi connectivity index (χ1) is 12.0. The Morgan fingerprint density at radius 3 is 2.96 bits per heavy atom. The second-order valence-electron chi connectivity index (χ2n) is 6.86. The third-order valence-electron chi connectivity index (χ3n) is 4.33. The van der Waals surface area contributed by atoms with Gasteiger partial charge in [0.25, 0.3) is 0 Å². The molecule has 3 heterocycles. The van der Waals surface area contributed by atoms with Crippen LogP contribution in [0.4, 0.5) is 5.95 Å². The van der Waals surface area contributed by atoms with Crippen LogP contribution in [0.3, 0.4) is 0 Å². The summed E-state index contributed by atoms with van der Waals surface area (Å²) in [6.07, 6.45) is 4.11. The van der Waals surface area contributed by atoms with Crippen LogP contribution in [-0.4, -0.2) is 32.9 Å². The Labute approximate surface area is 145 Å². The summed E-state index contributed by atoms with van der Waals surface area (Å²) in [6.45, 7) is 6.64. The van der Waals surface area contributed by atoms with Crippen LogP contribution < -0.4 is 10.1 Å². The molecule has 4 rings (SSSR count). The van der Waals surface area contributed by atoms with E-state index in [1.54, 1.807) is 0 Å². The van der Waals surface area contributed by atoms with Crippen LogP contribution in [0.2, 0.25) is 0 Å². The number of carbonyl (C=O) groups is 1. The number of anilines is 1. The van der Waals surface area contributed by atoms with E-state index < -0.39 is 5.60 Å². The van der Waals surface area contributed by atoms with Crippen LogP contribution in [0.15, 0.2) is 30.6 Å². The van der Waals surface area contributed by atoms with Crippen molar-refractivity contribution in [3.8, 4) is 16.9 Å². The number of nitrogens with one attached hydrogen (secondary N) is 2. The molecule has 1 aromatic carbocycles. The molecule has 0 amide bonds. The van der Waals surface area contributed by atoms with Gasteiger partial charge in [-0.1, -0.05) is 6.07 Å². The number of fused-ring (bicyclic) bond motifs is 2. The molecule has 0 fully saturated rings. The van der Waals surface area contributed by atoms with Crippen LogP contribution in [0, 0.1) is 0 Å². The Balaban J connectivity index is 1.78. The molecule has 0 bridgehead atoms. The lowest BCUT2D eigenvalue weighted by Gasteiger charge is -2.31. The summed E-state index contributed by atoms with van der Waals surface area (Å²) in [7, 11) is 0. The van der Waals surface area contributed by atoms with Crippen molar-refractivity contribution in [2.45, 2.75) is 32.8 Å². The third-order valence-corrected chi connectivity index (χ3v) is 4.33. The zero-order valence-corrected chi connectivity index (χ0v) is 14.5. The van der Waals surface area contributed by atoms with Crippen molar-refractivity contribution in [2.75, 3.05) is 11.9 Å². The Bertz CT molecular complexity index is 975. The number of nitrogens with zero attached hydrogens (tertiary/aromatic N) is 2. The quantitative estimate of drug-likeness (QED) is 0.760. The summed E-state index contributed by atoms with van der Waals surface area (Å²) >= 11 is 0. The predicted molar refractivity (Wildman–Crippen MR) is 97.1 cm³/mol. The normalized spacial score (nSPS) is 15.7. The van der Waals surface area contributed by atoms with Crippen molar-refractivity contribution in [1.82, 2.24) is 15.0 Å². The van der Waals surface area contributed by atoms with E-state index >= 15 is 0 Å². The Hall–Kier alpha value is -2.89. The fraction of sp³-hybridized carbons (Fsp3) is 0.316. The number of aromatic nitrogens is 3. The van der Waals surface area contributed by atoms with Gasteiger partial charge in [-0.25, -0.2) is 4.98 Å². The Kier molecular flexibility index (Phi) is 3.49. The number of Topliss-reactive ketones (excluding diaryl/α,β-unsaturated/α-hetero) is 1. The minimum Gasteiger partial charge on any atom is -0.487 e. The van der Waals surface area contributed by atoms with Gasteiger partial charge in [-0.05, 0) is 38.5 Å². The van der Waals surface area contributed by atoms with E-state index in [2.05, 4.69) is 20.3 Å². The average molecular weight is 336 g/mol. The molecule has 1 aliphatic rings. The molecule has 0 spiro atoms. The molecule has 6 nitrogen and oxygen atoms in total. The number of ketones is 1. The van der Waals surface area contributed by atoms with Gasteiger partial charge in [0.15, 0.2) is 5.78 Å². The van der Waals surface area contributed by atoms with Gasteiger partial charge in [-0.15, -0.1) is 0 Å². The highest BCUT2D eigenvalue weighted by Crippen LogP contribution is 2.37. The lowest BCUT2D eigenvalue weighted by molar-refractivity contribution is 0.0620. The SMILES string of the molecule is CCNc1ncc2c(-c3ccc4c(c3)OC(C)(C)CC4=O)c[nH]c2n1. The van der Waals surface area contributed by atoms with Gasteiger partial charge in [0.05, 0.1) is 12.0 Å². The molecular formula is C19H20N4O2. The molecule has 0 unspecified atom stereocenters. The molecule has 0 atom stereocenters. The highest BCUT2D eigenvalue weighted by Gasteiger charge is 2.32. The average Bonchev–Trinajstić information content (AvgIpc) is 2.96. The lowest BCUT2D eigenvalue weighted by atomic mass is 9.91. The number of hydrogen-bond donors (Lipinski definition) is 2. The van der Waals surface area contributed by atoms with Gasteiger partial charge < -0.3 is 15.0 Å².